The first-order chi connectivity index (χ1) is 8.26. The summed E-state index contributed by atoms with van der Waals surface area (Å²) in [6.45, 7) is 4.98. The third-order valence-electron chi connectivity index (χ3n) is 2.48. The molecule has 1 aliphatic rings. The molecule has 1 unspecified atom stereocenters. The van der Waals surface area contributed by atoms with Crippen LogP contribution in [0.1, 0.15) is 39.5 Å². The van der Waals surface area contributed by atoms with E-state index in [9.17, 15) is 4.79 Å². The number of hydrogen-bond acceptors (Lipinski definition) is 3. The highest BCUT2D eigenvalue weighted by atomic mass is 32.2. The number of carbonyl (C=O) groups is 1. The Hall–Kier alpha value is -0.415. The van der Waals surface area contributed by atoms with E-state index in [4.69, 9.17) is 4.65 Å². The van der Waals surface area contributed by atoms with Gasteiger partial charge in [-0.3, -0.25) is 4.79 Å². The van der Waals surface area contributed by atoms with Crippen molar-refractivity contribution in [2.75, 3.05) is 12.4 Å². The number of hydrogen-bond donors (Lipinski definition) is 1. The van der Waals surface area contributed by atoms with Gasteiger partial charge < -0.3 is 9.97 Å². The summed E-state index contributed by atoms with van der Waals surface area (Å²) in [5.41, 5.74) is 0. The van der Waals surface area contributed by atoms with Crippen LogP contribution in [0.5, 0.6) is 0 Å². The van der Waals surface area contributed by atoms with E-state index in [0.717, 1.165) is 31.6 Å². The second kappa shape index (κ2) is 8.64. The van der Waals surface area contributed by atoms with Gasteiger partial charge in [0.1, 0.15) is 0 Å². The first-order valence-corrected chi connectivity index (χ1v) is 7.31. The van der Waals surface area contributed by atoms with Crippen LogP contribution in [0.2, 0.25) is 0 Å². The molecule has 0 aromatic heterocycles. The molecule has 0 saturated carbocycles. The fourth-order valence-electron chi connectivity index (χ4n) is 1.76. The summed E-state index contributed by atoms with van der Waals surface area (Å²) >= 11 is 1.75. The predicted molar refractivity (Wildman–Crippen MR) is 74.0 cm³/mol. The van der Waals surface area contributed by atoms with Crippen LogP contribution in [-0.2, 0) is 9.45 Å². The van der Waals surface area contributed by atoms with E-state index >= 15 is 0 Å². The lowest BCUT2D eigenvalue weighted by atomic mass is 9.81. The molecule has 1 saturated heterocycles. The predicted octanol–water partition coefficient (Wildman–Crippen LogP) is 2.30. The topological polar surface area (TPSA) is 38.3 Å². The molecule has 0 aliphatic carbocycles. The van der Waals surface area contributed by atoms with Gasteiger partial charge in [0.05, 0.1) is 6.42 Å². The van der Waals surface area contributed by atoms with Crippen molar-refractivity contribution in [1.82, 2.24) is 5.32 Å². The number of carbonyl (C=O) groups excluding carboxylic acids is 1. The quantitative estimate of drug-likeness (QED) is 0.739. The van der Waals surface area contributed by atoms with E-state index in [1.165, 1.54) is 4.91 Å². The maximum absolute atomic E-state index is 11.8. The molecular formula is C12H21BNO2S. The summed E-state index contributed by atoms with van der Waals surface area (Å²) in [5.74, 6) is 1.20. The molecule has 1 heterocycles. The Bertz CT molecular complexity index is 265. The molecule has 1 atom stereocenters. The molecule has 0 bridgehead atoms. The maximum Gasteiger partial charge on any atom is 0.316 e. The van der Waals surface area contributed by atoms with Gasteiger partial charge in [-0.25, -0.2) is 0 Å². The van der Waals surface area contributed by atoms with Gasteiger partial charge in [0.25, 0.3) is 0 Å². The molecular weight excluding hydrogens is 233 g/mol. The average molecular weight is 254 g/mol. The van der Waals surface area contributed by atoms with Crippen molar-refractivity contribution in [1.29, 1.82) is 0 Å². The zero-order valence-corrected chi connectivity index (χ0v) is 11.5. The molecule has 1 radical (unpaired) electrons. The molecule has 0 aromatic carbocycles. The van der Waals surface area contributed by atoms with Crippen LogP contribution < -0.4 is 5.32 Å². The van der Waals surface area contributed by atoms with Gasteiger partial charge in [-0.05, 0) is 29.9 Å². The van der Waals surface area contributed by atoms with Crippen molar-refractivity contribution in [2.24, 2.45) is 0 Å². The number of amides is 1. The highest BCUT2D eigenvalue weighted by Gasteiger charge is 2.18. The van der Waals surface area contributed by atoms with Crippen molar-refractivity contribution >= 4 is 25.2 Å². The molecule has 1 N–H and O–H groups in total. The van der Waals surface area contributed by atoms with E-state index in [0.29, 0.717) is 6.42 Å². The second-order valence-electron chi connectivity index (χ2n) is 4.01. The van der Waals surface area contributed by atoms with Crippen molar-refractivity contribution in [3.8, 4) is 0 Å². The zero-order chi connectivity index (χ0) is 12.5. The third-order valence-corrected chi connectivity index (χ3v) is 3.45. The Balaban J connectivity index is 2.33. The fourth-order valence-corrected chi connectivity index (χ4v) is 2.64. The third kappa shape index (κ3) is 6.17. The monoisotopic (exact) mass is 254 g/mol. The molecule has 17 heavy (non-hydrogen) atoms. The highest BCUT2D eigenvalue weighted by molar-refractivity contribution is 8.03. The second-order valence-corrected chi connectivity index (χ2v) is 5.40. The van der Waals surface area contributed by atoms with E-state index < -0.39 is 0 Å². The summed E-state index contributed by atoms with van der Waals surface area (Å²) in [6, 6.07) is 0. The highest BCUT2D eigenvalue weighted by Crippen LogP contribution is 2.19. The molecule has 1 fully saturated rings. The Morgan fingerprint density at radius 2 is 2.41 bits per heavy atom. The van der Waals surface area contributed by atoms with Crippen LogP contribution in [0, 0.1) is 0 Å². The number of allylic oxidation sites excluding steroid dienone is 1. The average Bonchev–Trinajstić information content (AvgIpc) is 2.30. The molecule has 5 heteroatoms. The minimum atomic E-state index is 0.0887. The van der Waals surface area contributed by atoms with Crippen LogP contribution in [0.4, 0.5) is 0 Å². The van der Waals surface area contributed by atoms with Crippen LogP contribution in [0.15, 0.2) is 11.0 Å². The van der Waals surface area contributed by atoms with Crippen LogP contribution in [-0.4, -0.2) is 31.7 Å². The normalized spacial score (nSPS) is 20.8. The smallest absolute Gasteiger partial charge is 0.316 e. The molecule has 95 valence electrons. The van der Waals surface area contributed by atoms with Gasteiger partial charge in [0.2, 0.25) is 5.91 Å². The summed E-state index contributed by atoms with van der Waals surface area (Å²) in [7, 11) is 1.75. The first kappa shape index (κ1) is 14.6. The number of thioether (sulfide) groups is 1. The van der Waals surface area contributed by atoms with Gasteiger partial charge in [-0.1, -0.05) is 19.9 Å². The minimum absolute atomic E-state index is 0.0887. The van der Waals surface area contributed by atoms with Gasteiger partial charge in [-0.15, -0.1) is 11.8 Å². The number of nitrogens with one attached hydrogen (secondary N) is 1. The van der Waals surface area contributed by atoms with E-state index in [-0.39, 0.29) is 11.8 Å². The molecule has 0 spiro atoms. The summed E-state index contributed by atoms with van der Waals surface area (Å²) in [5, 5.41) is 2.99. The largest absolute Gasteiger partial charge is 0.438 e. The Morgan fingerprint density at radius 3 is 3.00 bits per heavy atom. The lowest BCUT2D eigenvalue weighted by Gasteiger charge is -2.22. The molecule has 0 aromatic rings. The van der Waals surface area contributed by atoms with E-state index in [2.05, 4.69) is 25.2 Å². The molecule has 1 aliphatic heterocycles. The van der Waals surface area contributed by atoms with Gasteiger partial charge in [0, 0.05) is 12.5 Å². The van der Waals surface area contributed by atoms with Gasteiger partial charge >= 0.3 is 7.48 Å². The van der Waals surface area contributed by atoms with Gasteiger partial charge in [-0.2, -0.15) is 0 Å². The van der Waals surface area contributed by atoms with Crippen LogP contribution in [0.3, 0.4) is 0 Å². The summed E-state index contributed by atoms with van der Waals surface area (Å²) < 4.78 is 5.22. The van der Waals surface area contributed by atoms with Gasteiger partial charge in [0.15, 0.2) is 0 Å². The first-order valence-electron chi connectivity index (χ1n) is 6.32. The molecule has 3 nitrogen and oxygen atoms in total. The zero-order valence-electron chi connectivity index (χ0n) is 10.7. The maximum atomic E-state index is 11.8. The van der Waals surface area contributed by atoms with Crippen molar-refractivity contribution in [3.05, 3.63) is 11.0 Å². The van der Waals surface area contributed by atoms with Crippen molar-refractivity contribution in [3.63, 3.8) is 0 Å². The molecule has 1 amide bonds. The SMILES string of the molecule is CC/C=C(/CC(=O)NC1[B]OCCC1)SCC. The lowest BCUT2D eigenvalue weighted by Crippen LogP contribution is -2.42. The van der Waals surface area contributed by atoms with Crippen molar-refractivity contribution in [2.45, 2.75) is 45.5 Å². The van der Waals surface area contributed by atoms with Crippen LogP contribution in [0.25, 0.3) is 0 Å². The van der Waals surface area contributed by atoms with Crippen LogP contribution >= 0.6 is 11.8 Å². The lowest BCUT2D eigenvalue weighted by molar-refractivity contribution is -0.120. The van der Waals surface area contributed by atoms with E-state index in [1.54, 1.807) is 19.2 Å². The Morgan fingerprint density at radius 1 is 1.59 bits per heavy atom. The Kier molecular flexibility index (Phi) is 7.45. The summed E-state index contributed by atoms with van der Waals surface area (Å²) in [6.07, 6.45) is 5.61. The Labute approximate surface area is 109 Å². The summed E-state index contributed by atoms with van der Waals surface area (Å²) in [4.78, 5) is 13.0. The van der Waals surface area contributed by atoms with E-state index in [1.807, 2.05) is 0 Å². The molecule has 1 rings (SSSR count). The minimum Gasteiger partial charge on any atom is -0.438 e. The standard InChI is InChI=1S/C12H21BNO2S/c1-3-6-10(17-4-2)9-12(15)14-11-7-5-8-16-13-11/h6,11H,3-5,7-9H2,1-2H3,(H,14,15)/b10-6-. The fraction of sp³-hybridized carbons (Fsp3) is 0.750. The number of rotatable bonds is 6. The van der Waals surface area contributed by atoms with Crippen molar-refractivity contribution < 1.29 is 9.45 Å².